The minimum Gasteiger partial charge on any atom is -0.507 e. The van der Waals surface area contributed by atoms with Gasteiger partial charge in [-0.25, -0.2) is 0 Å². The predicted molar refractivity (Wildman–Crippen MR) is 197 cm³/mol. The van der Waals surface area contributed by atoms with Gasteiger partial charge in [0.1, 0.15) is 17.6 Å². The molecule has 2 N–H and O–H groups in total. The number of phenols is 2. The fraction of sp³-hybridized carbons (Fsp3) is 0.667. The van der Waals surface area contributed by atoms with Crippen LogP contribution >= 0.6 is 0 Å². The molecular weight excluding hydrogens is 600 g/mol. The molecule has 0 amide bonds. The molecule has 1 unspecified atom stereocenters. The molecule has 2 aromatic carbocycles. The first-order valence-corrected chi connectivity index (χ1v) is 18.0. The Morgan fingerprint density at radius 2 is 0.958 bits per heavy atom. The minimum absolute atomic E-state index is 0.213. The fourth-order valence-corrected chi connectivity index (χ4v) is 5.96. The van der Waals surface area contributed by atoms with E-state index in [0.717, 1.165) is 52.6 Å². The second-order valence-corrected chi connectivity index (χ2v) is 17.7. The molecule has 0 bridgehead atoms. The van der Waals surface area contributed by atoms with Gasteiger partial charge in [0.15, 0.2) is 0 Å². The highest BCUT2D eigenvalue weighted by atomic mass is 16.5. The van der Waals surface area contributed by atoms with E-state index >= 15 is 0 Å². The van der Waals surface area contributed by atoms with Gasteiger partial charge in [0.25, 0.3) is 0 Å². The average molecular weight is 667 g/mol. The van der Waals surface area contributed by atoms with Crippen molar-refractivity contribution in [1.29, 1.82) is 0 Å². The van der Waals surface area contributed by atoms with Gasteiger partial charge >= 0.3 is 11.9 Å². The molecule has 0 heterocycles. The molecule has 6 nitrogen and oxygen atoms in total. The molecule has 270 valence electrons. The van der Waals surface area contributed by atoms with Crippen LogP contribution in [0.1, 0.15) is 168 Å². The topological polar surface area (TPSA) is 93.1 Å². The number of aromatic hydroxyl groups is 2. The standard InChI is InChI=1S/C42H66O6/c1-14-15-17-30(48-36(44)22-20-29-26-33(41(8,9)10)38(46)34(27-29)42(11,12)13)18-16-23-47-35(43)21-19-28-24-31(39(2,3)4)37(45)32(25-28)40(5,6)7/h24-27,30,45-46H,14-23H2,1-13H3. The van der Waals surface area contributed by atoms with Crippen molar-refractivity contribution >= 4 is 11.9 Å². The molecule has 0 aliphatic rings. The summed E-state index contributed by atoms with van der Waals surface area (Å²) in [6.45, 7) is 27.4. The van der Waals surface area contributed by atoms with E-state index in [0.29, 0.717) is 37.2 Å². The third-order valence-corrected chi connectivity index (χ3v) is 8.92. The first-order valence-electron chi connectivity index (χ1n) is 18.0. The van der Waals surface area contributed by atoms with Crippen molar-refractivity contribution in [3.8, 4) is 11.5 Å². The lowest BCUT2D eigenvalue weighted by Crippen LogP contribution is -2.20. The average Bonchev–Trinajstić information content (AvgIpc) is 2.94. The molecule has 2 rings (SSSR count). The third kappa shape index (κ3) is 12.5. The number of phenolic OH excluding ortho intramolecular Hbond substituents is 2. The maximum atomic E-state index is 13.0. The molecule has 0 aromatic heterocycles. The first-order chi connectivity index (χ1) is 21.9. The van der Waals surface area contributed by atoms with Gasteiger partial charge in [0.2, 0.25) is 0 Å². The van der Waals surface area contributed by atoms with Crippen molar-refractivity contribution in [1.82, 2.24) is 0 Å². The number of unbranched alkanes of at least 4 members (excludes halogenated alkanes) is 1. The highest BCUT2D eigenvalue weighted by Crippen LogP contribution is 2.41. The van der Waals surface area contributed by atoms with E-state index in [-0.39, 0.29) is 59.2 Å². The van der Waals surface area contributed by atoms with Gasteiger partial charge in [-0.05, 0) is 87.1 Å². The van der Waals surface area contributed by atoms with Crippen molar-refractivity contribution in [2.75, 3.05) is 6.61 Å². The number of carbonyl (C=O) groups is 2. The lowest BCUT2D eigenvalue weighted by molar-refractivity contribution is -0.151. The molecule has 0 spiro atoms. The summed E-state index contributed by atoms with van der Waals surface area (Å²) >= 11 is 0. The molecule has 0 radical (unpaired) electrons. The number of benzene rings is 2. The minimum atomic E-state index is -0.252. The van der Waals surface area contributed by atoms with Gasteiger partial charge in [-0.2, -0.15) is 0 Å². The van der Waals surface area contributed by atoms with E-state index < -0.39 is 0 Å². The maximum Gasteiger partial charge on any atom is 0.306 e. The van der Waals surface area contributed by atoms with Gasteiger partial charge in [-0.15, -0.1) is 0 Å². The van der Waals surface area contributed by atoms with Crippen molar-refractivity contribution in [3.05, 3.63) is 57.6 Å². The molecule has 0 aliphatic carbocycles. The monoisotopic (exact) mass is 666 g/mol. The van der Waals surface area contributed by atoms with Crippen molar-refractivity contribution < 1.29 is 29.3 Å². The lowest BCUT2D eigenvalue weighted by Gasteiger charge is -2.28. The van der Waals surface area contributed by atoms with E-state index in [4.69, 9.17) is 9.47 Å². The number of aryl methyl sites for hydroxylation is 2. The summed E-state index contributed by atoms with van der Waals surface area (Å²) in [5, 5.41) is 22.0. The van der Waals surface area contributed by atoms with Crippen molar-refractivity contribution in [3.63, 3.8) is 0 Å². The SMILES string of the molecule is CCCCC(CCCOC(=O)CCc1cc(C(C)(C)C)c(O)c(C(C)(C)C)c1)OC(=O)CCc1cc(C(C)(C)C)c(O)c(C(C)(C)C)c1. The van der Waals surface area contributed by atoms with Crippen molar-refractivity contribution in [2.45, 2.75) is 176 Å². The summed E-state index contributed by atoms with van der Waals surface area (Å²) in [6.07, 6.45) is 5.40. The van der Waals surface area contributed by atoms with Gasteiger partial charge in [0.05, 0.1) is 6.61 Å². The summed E-state index contributed by atoms with van der Waals surface area (Å²) in [7, 11) is 0. The van der Waals surface area contributed by atoms with E-state index in [9.17, 15) is 19.8 Å². The number of hydrogen-bond acceptors (Lipinski definition) is 6. The molecule has 6 heteroatoms. The van der Waals surface area contributed by atoms with Crippen LogP contribution in [-0.4, -0.2) is 34.9 Å². The summed E-state index contributed by atoms with van der Waals surface area (Å²) in [4.78, 5) is 25.7. The zero-order valence-electron chi connectivity index (χ0n) is 32.5. The Morgan fingerprint density at radius 1 is 0.604 bits per heavy atom. The molecule has 0 fully saturated rings. The molecule has 0 saturated carbocycles. The number of carbonyl (C=O) groups excluding carboxylic acids is 2. The molecule has 0 saturated heterocycles. The molecule has 48 heavy (non-hydrogen) atoms. The Hall–Kier alpha value is -3.02. The van der Waals surface area contributed by atoms with E-state index in [1.807, 2.05) is 24.3 Å². The van der Waals surface area contributed by atoms with E-state index in [1.165, 1.54) is 0 Å². The number of rotatable bonds is 14. The second-order valence-electron chi connectivity index (χ2n) is 17.7. The summed E-state index contributed by atoms with van der Waals surface area (Å²) in [5.41, 5.74) is 4.68. The Kier molecular flexibility index (Phi) is 14.2. The third-order valence-electron chi connectivity index (χ3n) is 8.92. The fourth-order valence-electron chi connectivity index (χ4n) is 5.96. The van der Waals surface area contributed by atoms with Crippen LogP contribution in [0.3, 0.4) is 0 Å². The molecule has 1 atom stereocenters. The Bertz CT molecular complexity index is 1300. The van der Waals surface area contributed by atoms with Crippen LogP contribution in [-0.2, 0) is 53.6 Å². The summed E-state index contributed by atoms with van der Waals surface area (Å²) < 4.78 is 11.5. The Balaban J connectivity index is 1.96. The zero-order valence-corrected chi connectivity index (χ0v) is 32.5. The van der Waals surface area contributed by atoms with Crippen LogP contribution < -0.4 is 0 Å². The number of hydrogen-bond donors (Lipinski definition) is 2. The normalized spacial score (nSPS) is 13.4. The number of ether oxygens (including phenoxy) is 2. The zero-order chi connectivity index (χ0) is 36.7. The summed E-state index contributed by atoms with van der Waals surface area (Å²) in [6, 6.07) is 8.07. The van der Waals surface area contributed by atoms with Crippen LogP contribution in [0.15, 0.2) is 24.3 Å². The van der Waals surface area contributed by atoms with E-state index in [1.54, 1.807) is 0 Å². The first kappa shape index (κ1) is 41.2. The van der Waals surface area contributed by atoms with Crippen LogP contribution in [0.4, 0.5) is 0 Å². The van der Waals surface area contributed by atoms with Crippen molar-refractivity contribution in [2.24, 2.45) is 0 Å². The Morgan fingerprint density at radius 3 is 1.31 bits per heavy atom. The summed E-state index contributed by atoms with van der Waals surface area (Å²) in [5.74, 6) is 0.197. The van der Waals surface area contributed by atoms with Crippen LogP contribution in [0.25, 0.3) is 0 Å². The molecule has 2 aromatic rings. The molecular formula is C42H66O6. The quantitative estimate of drug-likeness (QED) is 0.154. The van der Waals surface area contributed by atoms with Crippen LogP contribution in [0.2, 0.25) is 0 Å². The van der Waals surface area contributed by atoms with Gasteiger partial charge in [-0.1, -0.05) is 127 Å². The largest absolute Gasteiger partial charge is 0.507 e. The predicted octanol–water partition coefficient (Wildman–Crippen LogP) is 10.3. The van der Waals surface area contributed by atoms with Gasteiger partial charge in [0, 0.05) is 12.8 Å². The second kappa shape index (κ2) is 16.6. The lowest BCUT2D eigenvalue weighted by atomic mass is 9.78. The molecule has 0 aliphatic heterocycles. The maximum absolute atomic E-state index is 13.0. The highest BCUT2D eigenvalue weighted by molar-refractivity contribution is 5.70. The van der Waals surface area contributed by atoms with Gasteiger partial charge < -0.3 is 19.7 Å². The van der Waals surface area contributed by atoms with Crippen LogP contribution in [0.5, 0.6) is 11.5 Å². The van der Waals surface area contributed by atoms with Gasteiger partial charge in [-0.3, -0.25) is 9.59 Å². The Labute approximate surface area is 292 Å². The highest BCUT2D eigenvalue weighted by Gasteiger charge is 2.28. The van der Waals surface area contributed by atoms with E-state index in [2.05, 4.69) is 90.0 Å². The smallest absolute Gasteiger partial charge is 0.306 e. The number of esters is 2. The van der Waals surface area contributed by atoms with Crippen LogP contribution in [0, 0.1) is 0 Å².